The van der Waals surface area contributed by atoms with Crippen molar-refractivity contribution in [2.24, 2.45) is 0 Å². The molecule has 27 heavy (non-hydrogen) atoms. The molecule has 0 saturated heterocycles. The van der Waals surface area contributed by atoms with Gasteiger partial charge in [0.1, 0.15) is 12.4 Å². The van der Waals surface area contributed by atoms with Crippen LogP contribution >= 0.6 is 11.6 Å². The third-order valence-electron chi connectivity index (χ3n) is 4.61. The first-order chi connectivity index (χ1) is 13.2. The lowest BCUT2D eigenvalue weighted by molar-refractivity contribution is 0.306. The molecular formula is C24H26ClNO. The van der Waals surface area contributed by atoms with Crippen molar-refractivity contribution < 1.29 is 4.74 Å². The number of nitrogens with one attached hydrogen (secondary N) is 1. The van der Waals surface area contributed by atoms with E-state index in [1.165, 1.54) is 11.1 Å². The van der Waals surface area contributed by atoms with Crippen molar-refractivity contribution >= 4 is 11.6 Å². The Morgan fingerprint density at radius 3 is 2.19 bits per heavy atom. The maximum atomic E-state index is 5.90. The third kappa shape index (κ3) is 6.74. The molecule has 1 N–H and O–H groups in total. The van der Waals surface area contributed by atoms with Gasteiger partial charge in [-0.25, -0.2) is 0 Å². The van der Waals surface area contributed by atoms with Crippen LogP contribution in [-0.4, -0.2) is 6.04 Å². The number of benzene rings is 3. The van der Waals surface area contributed by atoms with Crippen LogP contribution in [0.15, 0.2) is 78.9 Å². The molecular weight excluding hydrogens is 354 g/mol. The Hall–Kier alpha value is -2.29. The second-order valence-electron chi connectivity index (χ2n) is 6.87. The molecule has 3 aromatic carbocycles. The van der Waals surface area contributed by atoms with Gasteiger partial charge in [-0.2, -0.15) is 0 Å². The maximum Gasteiger partial charge on any atom is 0.119 e. The van der Waals surface area contributed by atoms with Gasteiger partial charge in [0.25, 0.3) is 0 Å². The molecule has 0 aliphatic heterocycles. The largest absolute Gasteiger partial charge is 0.489 e. The summed E-state index contributed by atoms with van der Waals surface area (Å²) in [5, 5.41) is 4.34. The fraction of sp³-hybridized carbons (Fsp3) is 0.250. The lowest BCUT2D eigenvalue weighted by Gasteiger charge is -2.14. The van der Waals surface area contributed by atoms with Crippen LogP contribution in [0.1, 0.15) is 30.0 Å². The first kappa shape index (κ1) is 19.5. The molecule has 3 heteroatoms. The molecule has 0 unspecified atom stereocenters. The van der Waals surface area contributed by atoms with Crippen molar-refractivity contribution in [2.75, 3.05) is 0 Å². The third-order valence-corrected chi connectivity index (χ3v) is 4.86. The van der Waals surface area contributed by atoms with Gasteiger partial charge in [-0.3, -0.25) is 0 Å². The Balaban J connectivity index is 1.40. The van der Waals surface area contributed by atoms with Crippen molar-refractivity contribution in [1.29, 1.82) is 0 Å². The van der Waals surface area contributed by atoms with Gasteiger partial charge in [0.05, 0.1) is 0 Å². The molecule has 0 saturated carbocycles. The van der Waals surface area contributed by atoms with Gasteiger partial charge in [0.15, 0.2) is 0 Å². The Bertz CT molecular complexity index is 800. The molecule has 2 nitrogen and oxygen atoms in total. The zero-order valence-corrected chi connectivity index (χ0v) is 16.5. The zero-order valence-electron chi connectivity index (χ0n) is 15.7. The predicted molar refractivity (Wildman–Crippen MR) is 113 cm³/mol. The molecule has 0 radical (unpaired) electrons. The highest BCUT2D eigenvalue weighted by Crippen LogP contribution is 2.16. The Morgan fingerprint density at radius 1 is 0.815 bits per heavy atom. The predicted octanol–water partition coefficient (Wildman–Crippen LogP) is 6.03. The van der Waals surface area contributed by atoms with Crippen LogP contribution in [0.4, 0.5) is 0 Å². The van der Waals surface area contributed by atoms with E-state index in [9.17, 15) is 0 Å². The summed E-state index contributed by atoms with van der Waals surface area (Å²) in [6.45, 7) is 3.66. The first-order valence-electron chi connectivity index (χ1n) is 9.42. The second-order valence-corrected chi connectivity index (χ2v) is 7.30. The minimum atomic E-state index is 0.478. The number of aryl methyl sites for hydroxylation is 1. The van der Waals surface area contributed by atoms with E-state index in [-0.39, 0.29) is 0 Å². The molecule has 140 valence electrons. The lowest BCUT2D eigenvalue weighted by Crippen LogP contribution is -2.25. The summed E-state index contributed by atoms with van der Waals surface area (Å²) in [5.74, 6) is 0.880. The van der Waals surface area contributed by atoms with Crippen molar-refractivity contribution in [3.63, 3.8) is 0 Å². The summed E-state index contributed by atoms with van der Waals surface area (Å²) in [6.07, 6.45) is 2.23. The minimum absolute atomic E-state index is 0.478. The van der Waals surface area contributed by atoms with Crippen LogP contribution in [0.2, 0.25) is 5.02 Å². The lowest BCUT2D eigenvalue weighted by atomic mass is 10.1. The molecule has 1 atom stereocenters. The number of ether oxygens (including phenoxy) is 1. The quantitative estimate of drug-likeness (QED) is 0.490. The van der Waals surface area contributed by atoms with E-state index in [0.717, 1.165) is 35.7 Å². The molecule has 0 heterocycles. The van der Waals surface area contributed by atoms with Crippen molar-refractivity contribution in [3.8, 4) is 5.75 Å². The van der Waals surface area contributed by atoms with Gasteiger partial charge in [0, 0.05) is 17.6 Å². The molecule has 0 aromatic heterocycles. The van der Waals surface area contributed by atoms with Gasteiger partial charge in [0.2, 0.25) is 0 Å². The van der Waals surface area contributed by atoms with Crippen molar-refractivity contribution in [2.45, 2.75) is 39.0 Å². The van der Waals surface area contributed by atoms with Crippen LogP contribution in [0.25, 0.3) is 0 Å². The van der Waals surface area contributed by atoms with Crippen LogP contribution in [0.3, 0.4) is 0 Å². The zero-order chi connectivity index (χ0) is 18.9. The molecule has 0 aliphatic carbocycles. The van der Waals surface area contributed by atoms with Gasteiger partial charge >= 0.3 is 0 Å². The summed E-state index contributed by atoms with van der Waals surface area (Å²) in [4.78, 5) is 0. The van der Waals surface area contributed by atoms with E-state index in [1.807, 2.05) is 36.4 Å². The normalized spacial score (nSPS) is 11.9. The molecule has 0 aliphatic rings. The summed E-state index contributed by atoms with van der Waals surface area (Å²) < 4.78 is 5.84. The molecule has 3 rings (SSSR count). The van der Waals surface area contributed by atoms with E-state index in [0.29, 0.717) is 12.6 Å². The smallest absolute Gasteiger partial charge is 0.119 e. The topological polar surface area (TPSA) is 21.3 Å². The van der Waals surface area contributed by atoms with Crippen LogP contribution in [0, 0.1) is 0 Å². The minimum Gasteiger partial charge on any atom is -0.489 e. The first-order valence-corrected chi connectivity index (χ1v) is 9.80. The number of halogens is 1. The van der Waals surface area contributed by atoms with E-state index in [2.05, 4.69) is 54.7 Å². The van der Waals surface area contributed by atoms with Crippen LogP contribution in [-0.2, 0) is 19.6 Å². The number of hydrogen-bond acceptors (Lipinski definition) is 2. The van der Waals surface area contributed by atoms with E-state index >= 15 is 0 Å². The fourth-order valence-corrected chi connectivity index (χ4v) is 3.00. The highest BCUT2D eigenvalue weighted by molar-refractivity contribution is 6.30. The van der Waals surface area contributed by atoms with Crippen molar-refractivity contribution in [1.82, 2.24) is 5.32 Å². The number of rotatable bonds is 9. The van der Waals surface area contributed by atoms with E-state index in [4.69, 9.17) is 16.3 Å². The Morgan fingerprint density at radius 2 is 1.48 bits per heavy atom. The Kier molecular flexibility index (Phi) is 7.32. The Labute approximate surface area is 167 Å². The molecule has 0 fully saturated rings. The summed E-state index contributed by atoms with van der Waals surface area (Å²) in [6, 6.07) is 27.2. The maximum absolute atomic E-state index is 5.90. The van der Waals surface area contributed by atoms with E-state index < -0.39 is 0 Å². The molecule has 0 spiro atoms. The highest BCUT2D eigenvalue weighted by atomic mass is 35.5. The van der Waals surface area contributed by atoms with Gasteiger partial charge in [-0.05, 0) is 60.7 Å². The molecule has 3 aromatic rings. The SMILES string of the molecule is C[C@@H](CCc1ccccc1)NCc1ccc(OCc2ccc(Cl)cc2)cc1. The van der Waals surface area contributed by atoms with Crippen LogP contribution in [0.5, 0.6) is 5.75 Å². The van der Waals surface area contributed by atoms with Crippen LogP contribution < -0.4 is 10.1 Å². The average Bonchev–Trinajstić information content (AvgIpc) is 2.72. The number of hydrogen-bond donors (Lipinski definition) is 1. The fourth-order valence-electron chi connectivity index (χ4n) is 2.87. The van der Waals surface area contributed by atoms with Gasteiger partial charge < -0.3 is 10.1 Å². The monoisotopic (exact) mass is 379 g/mol. The average molecular weight is 380 g/mol. The van der Waals surface area contributed by atoms with E-state index in [1.54, 1.807) is 0 Å². The highest BCUT2D eigenvalue weighted by Gasteiger charge is 2.03. The standard InChI is InChI=1S/C24H26ClNO/c1-19(7-8-20-5-3-2-4-6-20)26-17-21-11-15-24(16-12-21)27-18-22-9-13-23(25)14-10-22/h2-6,9-16,19,26H,7-8,17-18H2,1H3/t19-/m0/s1. The summed E-state index contributed by atoms with van der Waals surface area (Å²) in [5.41, 5.74) is 3.77. The summed E-state index contributed by atoms with van der Waals surface area (Å²) in [7, 11) is 0. The van der Waals surface area contributed by atoms with Gasteiger partial charge in [-0.15, -0.1) is 0 Å². The second kappa shape index (κ2) is 10.1. The molecule has 0 bridgehead atoms. The van der Waals surface area contributed by atoms with Crippen molar-refractivity contribution in [3.05, 3.63) is 101 Å². The molecule has 0 amide bonds. The van der Waals surface area contributed by atoms with Gasteiger partial charge in [-0.1, -0.05) is 66.2 Å². The summed E-state index contributed by atoms with van der Waals surface area (Å²) >= 11 is 5.90.